The van der Waals surface area contributed by atoms with Crippen LogP contribution in [0.4, 0.5) is 0 Å². The summed E-state index contributed by atoms with van der Waals surface area (Å²) >= 11 is 5.50. The van der Waals surface area contributed by atoms with E-state index in [2.05, 4.69) is 5.32 Å². The SMILES string of the molecule is CC(=CCl)CNCCC1CC1. The molecule has 0 aliphatic heterocycles. The number of rotatable bonds is 5. The van der Waals surface area contributed by atoms with Crippen LogP contribution in [0, 0.1) is 5.92 Å². The zero-order valence-electron chi connectivity index (χ0n) is 7.07. The van der Waals surface area contributed by atoms with E-state index < -0.39 is 0 Å². The van der Waals surface area contributed by atoms with Gasteiger partial charge in [-0.05, 0) is 31.4 Å². The minimum atomic E-state index is 0.941. The van der Waals surface area contributed by atoms with Gasteiger partial charge in [0, 0.05) is 12.1 Å². The summed E-state index contributed by atoms with van der Waals surface area (Å²) in [6, 6.07) is 0. The van der Waals surface area contributed by atoms with E-state index in [1.807, 2.05) is 6.92 Å². The van der Waals surface area contributed by atoms with Crippen molar-refractivity contribution in [2.24, 2.45) is 5.92 Å². The molecular weight excluding hydrogens is 158 g/mol. The van der Waals surface area contributed by atoms with Gasteiger partial charge in [-0.3, -0.25) is 0 Å². The van der Waals surface area contributed by atoms with Gasteiger partial charge in [0.05, 0.1) is 0 Å². The number of hydrogen-bond acceptors (Lipinski definition) is 1. The van der Waals surface area contributed by atoms with Crippen LogP contribution in [0.3, 0.4) is 0 Å². The highest BCUT2D eigenvalue weighted by Crippen LogP contribution is 2.31. The Balaban J connectivity index is 1.86. The van der Waals surface area contributed by atoms with Crippen molar-refractivity contribution in [3.05, 3.63) is 11.1 Å². The van der Waals surface area contributed by atoms with Gasteiger partial charge < -0.3 is 5.32 Å². The second-order valence-corrected chi connectivity index (χ2v) is 3.58. The molecule has 0 unspecified atom stereocenters. The van der Waals surface area contributed by atoms with Gasteiger partial charge in [0.25, 0.3) is 0 Å². The zero-order valence-corrected chi connectivity index (χ0v) is 7.82. The van der Waals surface area contributed by atoms with E-state index >= 15 is 0 Å². The zero-order chi connectivity index (χ0) is 8.10. The number of halogens is 1. The molecule has 0 aromatic rings. The van der Waals surface area contributed by atoms with Crippen molar-refractivity contribution < 1.29 is 0 Å². The van der Waals surface area contributed by atoms with Crippen molar-refractivity contribution >= 4 is 11.6 Å². The van der Waals surface area contributed by atoms with Crippen molar-refractivity contribution in [3.8, 4) is 0 Å². The van der Waals surface area contributed by atoms with E-state index in [1.54, 1.807) is 5.54 Å². The maximum Gasteiger partial charge on any atom is 0.0173 e. The van der Waals surface area contributed by atoms with Gasteiger partial charge >= 0.3 is 0 Å². The fourth-order valence-electron chi connectivity index (χ4n) is 1.04. The lowest BCUT2D eigenvalue weighted by Gasteiger charge is -2.02. The second-order valence-electron chi connectivity index (χ2n) is 3.36. The lowest BCUT2D eigenvalue weighted by Crippen LogP contribution is -2.17. The quantitative estimate of drug-likeness (QED) is 0.631. The fraction of sp³-hybridized carbons (Fsp3) is 0.778. The largest absolute Gasteiger partial charge is 0.313 e. The van der Waals surface area contributed by atoms with E-state index in [0.29, 0.717) is 0 Å². The number of hydrogen-bond donors (Lipinski definition) is 1. The molecule has 0 radical (unpaired) electrons. The molecule has 0 heterocycles. The highest BCUT2D eigenvalue weighted by molar-refractivity contribution is 6.25. The monoisotopic (exact) mass is 173 g/mol. The Kier molecular flexibility index (Phi) is 3.95. The average Bonchev–Trinajstić information content (AvgIpc) is 2.81. The minimum absolute atomic E-state index is 0.941. The molecular formula is C9H16ClN. The highest BCUT2D eigenvalue weighted by Gasteiger charge is 2.19. The summed E-state index contributed by atoms with van der Waals surface area (Å²) in [5.74, 6) is 1.03. The molecule has 1 saturated carbocycles. The molecule has 0 atom stereocenters. The van der Waals surface area contributed by atoms with Crippen LogP contribution in [-0.2, 0) is 0 Å². The number of nitrogens with one attached hydrogen (secondary N) is 1. The highest BCUT2D eigenvalue weighted by atomic mass is 35.5. The van der Waals surface area contributed by atoms with E-state index in [4.69, 9.17) is 11.6 Å². The summed E-state index contributed by atoms with van der Waals surface area (Å²) < 4.78 is 0. The summed E-state index contributed by atoms with van der Waals surface area (Å²) in [5, 5.41) is 3.35. The Morgan fingerprint density at radius 2 is 2.36 bits per heavy atom. The van der Waals surface area contributed by atoms with Crippen molar-refractivity contribution in [2.75, 3.05) is 13.1 Å². The molecule has 0 aromatic carbocycles. The second kappa shape index (κ2) is 4.78. The van der Waals surface area contributed by atoms with Crippen LogP contribution in [0.15, 0.2) is 11.1 Å². The molecule has 1 fully saturated rings. The van der Waals surface area contributed by atoms with Gasteiger partial charge in [-0.2, -0.15) is 0 Å². The predicted molar refractivity (Wildman–Crippen MR) is 49.8 cm³/mol. The molecule has 1 nitrogen and oxygen atoms in total. The first kappa shape index (κ1) is 9.08. The van der Waals surface area contributed by atoms with Crippen LogP contribution in [0.1, 0.15) is 26.2 Å². The van der Waals surface area contributed by atoms with Crippen LogP contribution in [0.5, 0.6) is 0 Å². The van der Waals surface area contributed by atoms with E-state index in [-0.39, 0.29) is 0 Å². The van der Waals surface area contributed by atoms with Crippen LogP contribution in [0.25, 0.3) is 0 Å². The molecule has 1 aliphatic rings. The molecule has 2 heteroatoms. The van der Waals surface area contributed by atoms with E-state index in [1.165, 1.54) is 24.8 Å². The topological polar surface area (TPSA) is 12.0 Å². The smallest absolute Gasteiger partial charge is 0.0173 e. The summed E-state index contributed by atoms with van der Waals surface area (Å²) in [5.41, 5.74) is 2.85. The van der Waals surface area contributed by atoms with Crippen LogP contribution in [-0.4, -0.2) is 13.1 Å². The van der Waals surface area contributed by atoms with Gasteiger partial charge in [-0.15, -0.1) is 0 Å². The van der Waals surface area contributed by atoms with Crippen LogP contribution in [0.2, 0.25) is 0 Å². The third-order valence-corrected chi connectivity index (χ3v) is 2.39. The third kappa shape index (κ3) is 4.44. The molecule has 1 N–H and O–H groups in total. The van der Waals surface area contributed by atoms with Gasteiger partial charge in [0.15, 0.2) is 0 Å². The molecule has 1 aliphatic carbocycles. The fourth-order valence-corrected chi connectivity index (χ4v) is 1.11. The molecule has 0 aromatic heterocycles. The first-order chi connectivity index (χ1) is 5.33. The first-order valence-corrected chi connectivity index (χ1v) is 4.73. The molecule has 0 saturated heterocycles. The first-order valence-electron chi connectivity index (χ1n) is 4.29. The Labute approximate surface area is 73.8 Å². The molecule has 0 bridgehead atoms. The van der Waals surface area contributed by atoms with Gasteiger partial charge in [0.2, 0.25) is 0 Å². The summed E-state index contributed by atoms with van der Waals surface area (Å²) in [6.07, 6.45) is 4.24. The molecule has 1 rings (SSSR count). The summed E-state index contributed by atoms with van der Waals surface area (Å²) in [6.45, 7) is 4.13. The van der Waals surface area contributed by atoms with E-state index in [9.17, 15) is 0 Å². The average molecular weight is 174 g/mol. The summed E-state index contributed by atoms with van der Waals surface area (Å²) in [4.78, 5) is 0. The standard InChI is InChI=1S/C9H16ClN/c1-8(6-10)7-11-5-4-9-2-3-9/h6,9,11H,2-5,7H2,1H3. The maximum absolute atomic E-state index is 5.50. The Morgan fingerprint density at radius 3 is 2.91 bits per heavy atom. The van der Waals surface area contributed by atoms with Gasteiger partial charge in [-0.1, -0.05) is 24.4 Å². The molecule has 11 heavy (non-hydrogen) atoms. The van der Waals surface area contributed by atoms with Gasteiger partial charge in [0.1, 0.15) is 0 Å². The maximum atomic E-state index is 5.50. The van der Waals surface area contributed by atoms with Crippen molar-refractivity contribution in [1.82, 2.24) is 5.32 Å². The molecule has 64 valence electrons. The summed E-state index contributed by atoms with van der Waals surface area (Å²) in [7, 11) is 0. The molecule has 0 spiro atoms. The third-order valence-electron chi connectivity index (χ3n) is 2.02. The normalized spacial score (nSPS) is 18.9. The molecule has 0 amide bonds. The van der Waals surface area contributed by atoms with Crippen LogP contribution >= 0.6 is 11.6 Å². The van der Waals surface area contributed by atoms with E-state index in [0.717, 1.165) is 19.0 Å². The van der Waals surface area contributed by atoms with Crippen molar-refractivity contribution in [3.63, 3.8) is 0 Å². The lowest BCUT2D eigenvalue weighted by molar-refractivity contribution is 0.637. The van der Waals surface area contributed by atoms with Crippen molar-refractivity contribution in [1.29, 1.82) is 0 Å². The Bertz CT molecular complexity index is 138. The Morgan fingerprint density at radius 1 is 1.64 bits per heavy atom. The van der Waals surface area contributed by atoms with Crippen molar-refractivity contribution in [2.45, 2.75) is 26.2 Å². The lowest BCUT2D eigenvalue weighted by atomic mass is 10.3. The minimum Gasteiger partial charge on any atom is -0.313 e. The predicted octanol–water partition coefficient (Wildman–Crippen LogP) is 2.52. The Hall–Kier alpha value is -0.0100. The van der Waals surface area contributed by atoms with Crippen LogP contribution < -0.4 is 5.32 Å². The van der Waals surface area contributed by atoms with Gasteiger partial charge in [-0.25, -0.2) is 0 Å².